The molecule has 1 aliphatic heterocycles. The van der Waals surface area contributed by atoms with Crippen LogP contribution in [-0.2, 0) is 16.0 Å². The third-order valence-corrected chi connectivity index (χ3v) is 3.75. The predicted molar refractivity (Wildman–Crippen MR) is 71.0 cm³/mol. The summed E-state index contributed by atoms with van der Waals surface area (Å²) >= 11 is 0. The van der Waals surface area contributed by atoms with E-state index >= 15 is 0 Å². The van der Waals surface area contributed by atoms with Gasteiger partial charge in [0, 0.05) is 18.2 Å². The first kappa shape index (κ1) is 12.1. The van der Waals surface area contributed by atoms with Crippen molar-refractivity contribution < 1.29 is 14.6 Å². The van der Waals surface area contributed by atoms with E-state index < -0.39 is 11.4 Å². The first-order chi connectivity index (χ1) is 9.20. The summed E-state index contributed by atoms with van der Waals surface area (Å²) in [6.07, 6.45) is 2.81. The van der Waals surface area contributed by atoms with Crippen LogP contribution in [0.15, 0.2) is 36.5 Å². The number of carbonyl (C=O) groups is 1. The Morgan fingerprint density at radius 1 is 1.42 bits per heavy atom. The Hall–Kier alpha value is -1.94. The van der Waals surface area contributed by atoms with Crippen LogP contribution < -0.4 is 0 Å². The predicted octanol–water partition coefficient (Wildman–Crippen LogP) is 2.27. The molecule has 1 aromatic carbocycles. The lowest BCUT2D eigenvalue weighted by atomic mass is 9.81. The average molecular weight is 257 g/mol. The van der Waals surface area contributed by atoms with Crippen LogP contribution in [0.5, 0.6) is 0 Å². The number of fused-ring (bicyclic) bond motifs is 1. The number of rotatable bonds is 3. The zero-order valence-electron chi connectivity index (χ0n) is 10.5. The molecule has 0 radical (unpaired) electrons. The molecule has 1 unspecified atom stereocenters. The minimum absolute atomic E-state index is 0.287. The Labute approximate surface area is 111 Å². The van der Waals surface area contributed by atoms with E-state index in [9.17, 15) is 9.90 Å². The van der Waals surface area contributed by atoms with Crippen molar-refractivity contribution in [1.82, 2.24) is 4.98 Å². The SMILES string of the molecule is O=C(O)C1(Cc2cnc3ccccc3c2)CCOC1. The fourth-order valence-corrected chi connectivity index (χ4v) is 2.59. The second-order valence-electron chi connectivity index (χ2n) is 5.10. The van der Waals surface area contributed by atoms with Crippen LogP contribution in [0.2, 0.25) is 0 Å². The second-order valence-corrected chi connectivity index (χ2v) is 5.10. The largest absolute Gasteiger partial charge is 0.481 e. The summed E-state index contributed by atoms with van der Waals surface area (Å²) in [5, 5.41) is 10.5. The molecule has 4 heteroatoms. The van der Waals surface area contributed by atoms with Crippen molar-refractivity contribution in [3.8, 4) is 0 Å². The topological polar surface area (TPSA) is 59.4 Å². The van der Waals surface area contributed by atoms with Crippen molar-refractivity contribution in [1.29, 1.82) is 0 Å². The van der Waals surface area contributed by atoms with Gasteiger partial charge in [0.25, 0.3) is 0 Å². The van der Waals surface area contributed by atoms with Crippen LogP contribution in [0, 0.1) is 5.41 Å². The molecule has 0 aliphatic carbocycles. The maximum absolute atomic E-state index is 11.5. The molecule has 3 rings (SSSR count). The zero-order valence-corrected chi connectivity index (χ0v) is 10.5. The lowest BCUT2D eigenvalue weighted by molar-refractivity contribution is -0.148. The van der Waals surface area contributed by atoms with Gasteiger partial charge in [-0.25, -0.2) is 0 Å². The number of nitrogens with zero attached hydrogens (tertiary/aromatic N) is 1. The van der Waals surface area contributed by atoms with Gasteiger partial charge in [0.2, 0.25) is 0 Å². The normalized spacial score (nSPS) is 22.7. The van der Waals surface area contributed by atoms with Gasteiger partial charge >= 0.3 is 5.97 Å². The van der Waals surface area contributed by atoms with Crippen LogP contribution in [0.25, 0.3) is 10.9 Å². The number of para-hydroxylation sites is 1. The summed E-state index contributed by atoms with van der Waals surface area (Å²) in [6.45, 7) is 0.808. The highest BCUT2D eigenvalue weighted by atomic mass is 16.5. The van der Waals surface area contributed by atoms with Crippen molar-refractivity contribution in [3.05, 3.63) is 42.1 Å². The minimum Gasteiger partial charge on any atom is -0.481 e. The fraction of sp³-hybridized carbons (Fsp3) is 0.333. The van der Waals surface area contributed by atoms with Crippen LogP contribution in [0.4, 0.5) is 0 Å². The number of pyridine rings is 1. The van der Waals surface area contributed by atoms with E-state index in [4.69, 9.17) is 4.74 Å². The highest BCUT2D eigenvalue weighted by Crippen LogP contribution is 2.33. The van der Waals surface area contributed by atoms with Crippen LogP contribution in [-0.4, -0.2) is 29.3 Å². The first-order valence-electron chi connectivity index (χ1n) is 6.34. The van der Waals surface area contributed by atoms with Gasteiger partial charge in [-0.1, -0.05) is 18.2 Å². The lowest BCUT2D eigenvalue weighted by Gasteiger charge is -2.21. The van der Waals surface area contributed by atoms with Crippen molar-refractivity contribution in [2.75, 3.05) is 13.2 Å². The quantitative estimate of drug-likeness (QED) is 0.916. The molecule has 0 saturated carbocycles. The second kappa shape index (κ2) is 4.63. The first-order valence-corrected chi connectivity index (χ1v) is 6.34. The summed E-state index contributed by atoms with van der Waals surface area (Å²) in [4.78, 5) is 15.9. The molecular formula is C15H15NO3. The molecule has 19 heavy (non-hydrogen) atoms. The third-order valence-electron chi connectivity index (χ3n) is 3.75. The summed E-state index contributed by atoms with van der Waals surface area (Å²) in [7, 11) is 0. The van der Waals surface area contributed by atoms with E-state index in [2.05, 4.69) is 4.98 Å². The standard InChI is InChI=1S/C15H15NO3/c17-14(18)15(5-6-19-10-15)8-11-7-12-3-1-2-4-13(12)16-9-11/h1-4,7,9H,5-6,8,10H2,(H,17,18). The van der Waals surface area contributed by atoms with E-state index in [1.807, 2.05) is 30.3 Å². The molecule has 1 atom stereocenters. The average Bonchev–Trinajstić information content (AvgIpc) is 2.88. The van der Waals surface area contributed by atoms with Crippen molar-refractivity contribution in [3.63, 3.8) is 0 Å². The molecule has 1 aromatic heterocycles. The van der Waals surface area contributed by atoms with Gasteiger partial charge in [-0.15, -0.1) is 0 Å². The highest BCUT2D eigenvalue weighted by molar-refractivity contribution is 5.79. The molecule has 2 aromatic rings. The maximum Gasteiger partial charge on any atom is 0.312 e. The number of hydrogen-bond acceptors (Lipinski definition) is 3. The molecular weight excluding hydrogens is 242 g/mol. The molecule has 98 valence electrons. The Morgan fingerprint density at radius 3 is 3.00 bits per heavy atom. The molecule has 2 heterocycles. The molecule has 0 spiro atoms. The van der Waals surface area contributed by atoms with Gasteiger partial charge < -0.3 is 9.84 Å². The lowest BCUT2D eigenvalue weighted by Crippen LogP contribution is -2.33. The highest BCUT2D eigenvalue weighted by Gasteiger charge is 2.42. The molecule has 0 amide bonds. The van der Waals surface area contributed by atoms with Crippen LogP contribution in [0.3, 0.4) is 0 Å². The smallest absolute Gasteiger partial charge is 0.312 e. The van der Waals surface area contributed by atoms with Gasteiger partial charge in [-0.2, -0.15) is 0 Å². The minimum atomic E-state index is -0.788. The number of aromatic nitrogens is 1. The number of ether oxygens (including phenoxy) is 1. The van der Waals surface area contributed by atoms with Gasteiger partial charge in [0.05, 0.1) is 17.5 Å². The molecule has 1 saturated heterocycles. The van der Waals surface area contributed by atoms with E-state index in [-0.39, 0.29) is 6.61 Å². The number of carboxylic acids is 1. The molecule has 4 nitrogen and oxygen atoms in total. The third kappa shape index (κ3) is 2.19. The Morgan fingerprint density at radius 2 is 2.26 bits per heavy atom. The van der Waals surface area contributed by atoms with Crippen molar-refractivity contribution >= 4 is 16.9 Å². The van der Waals surface area contributed by atoms with Crippen molar-refractivity contribution in [2.45, 2.75) is 12.8 Å². The number of hydrogen-bond donors (Lipinski definition) is 1. The zero-order chi connectivity index (χ0) is 13.3. The Bertz CT molecular complexity index is 618. The number of aliphatic carboxylic acids is 1. The molecule has 1 aliphatic rings. The van der Waals surface area contributed by atoms with Gasteiger partial charge in [-0.05, 0) is 30.5 Å². The Balaban J connectivity index is 1.94. The van der Waals surface area contributed by atoms with E-state index in [0.717, 1.165) is 16.5 Å². The molecule has 1 N–H and O–H groups in total. The Kier molecular flexibility index (Phi) is 2.95. The van der Waals surface area contributed by atoms with Crippen LogP contribution in [0.1, 0.15) is 12.0 Å². The summed E-state index contributed by atoms with van der Waals surface area (Å²) < 4.78 is 5.28. The van der Waals surface area contributed by atoms with E-state index in [1.165, 1.54) is 0 Å². The van der Waals surface area contributed by atoms with Crippen LogP contribution >= 0.6 is 0 Å². The monoisotopic (exact) mass is 257 g/mol. The van der Waals surface area contributed by atoms with Crippen molar-refractivity contribution in [2.24, 2.45) is 5.41 Å². The van der Waals surface area contributed by atoms with E-state index in [1.54, 1.807) is 6.20 Å². The number of benzene rings is 1. The summed E-state index contributed by atoms with van der Waals surface area (Å²) in [5.74, 6) is -0.779. The summed E-state index contributed by atoms with van der Waals surface area (Å²) in [5.41, 5.74) is 1.09. The van der Waals surface area contributed by atoms with E-state index in [0.29, 0.717) is 19.4 Å². The number of carboxylic acid groups (broad SMARTS) is 1. The fourth-order valence-electron chi connectivity index (χ4n) is 2.59. The molecule has 0 bridgehead atoms. The van der Waals surface area contributed by atoms with Gasteiger partial charge in [0.15, 0.2) is 0 Å². The molecule has 1 fully saturated rings. The van der Waals surface area contributed by atoms with Gasteiger partial charge in [0.1, 0.15) is 0 Å². The van der Waals surface area contributed by atoms with Gasteiger partial charge in [-0.3, -0.25) is 9.78 Å². The summed E-state index contributed by atoms with van der Waals surface area (Å²) in [6, 6.07) is 9.86. The maximum atomic E-state index is 11.5.